The SMILES string of the molecule is O=C(O)[C@]1(Cc2cccc(F)c2)CN(CCn2cnc3ccccc32)CC[C@H]1O. The fraction of sp³-hybridized carbons (Fsp3) is 0.364. The molecule has 3 aromatic rings. The number of aliphatic hydroxyl groups excluding tert-OH is 1. The van der Waals surface area contributed by atoms with Gasteiger partial charge in [0.1, 0.15) is 11.2 Å². The number of benzene rings is 2. The first kappa shape index (κ1) is 19.5. The predicted molar refractivity (Wildman–Crippen MR) is 107 cm³/mol. The third-order valence-corrected chi connectivity index (χ3v) is 5.88. The molecule has 1 aromatic heterocycles. The monoisotopic (exact) mass is 397 g/mol. The van der Waals surface area contributed by atoms with Gasteiger partial charge in [-0.25, -0.2) is 9.37 Å². The van der Waals surface area contributed by atoms with Crippen LogP contribution in [-0.4, -0.2) is 56.4 Å². The van der Waals surface area contributed by atoms with E-state index in [2.05, 4.69) is 14.5 Å². The molecule has 2 atom stereocenters. The molecular formula is C22H24FN3O3. The van der Waals surface area contributed by atoms with E-state index in [9.17, 15) is 19.4 Å². The first-order chi connectivity index (χ1) is 14.0. The Morgan fingerprint density at radius 3 is 2.83 bits per heavy atom. The van der Waals surface area contributed by atoms with E-state index in [4.69, 9.17) is 0 Å². The first-order valence-electron chi connectivity index (χ1n) is 9.76. The molecular weight excluding hydrogens is 373 g/mol. The van der Waals surface area contributed by atoms with Crippen molar-refractivity contribution in [2.24, 2.45) is 5.41 Å². The van der Waals surface area contributed by atoms with E-state index in [0.29, 0.717) is 31.6 Å². The van der Waals surface area contributed by atoms with Crippen molar-refractivity contribution in [1.82, 2.24) is 14.5 Å². The minimum Gasteiger partial charge on any atom is -0.481 e. The number of fused-ring (bicyclic) bond motifs is 1. The summed E-state index contributed by atoms with van der Waals surface area (Å²) in [5.41, 5.74) is 1.18. The van der Waals surface area contributed by atoms with E-state index in [-0.39, 0.29) is 13.0 Å². The van der Waals surface area contributed by atoms with Crippen LogP contribution in [0.3, 0.4) is 0 Å². The third-order valence-electron chi connectivity index (χ3n) is 5.88. The summed E-state index contributed by atoms with van der Waals surface area (Å²) in [5, 5.41) is 20.6. The second kappa shape index (κ2) is 7.93. The molecule has 7 heteroatoms. The summed E-state index contributed by atoms with van der Waals surface area (Å²) < 4.78 is 15.6. The van der Waals surface area contributed by atoms with Crippen molar-refractivity contribution in [2.45, 2.75) is 25.5 Å². The first-order valence-corrected chi connectivity index (χ1v) is 9.76. The molecule has 0 radical (unpaired) electrons. The van der Waals surface area contributed by atoms with Crippen LogP contribution in [0.2, 0.25) is 0 Å². The summed E-state index contributed by atoms with van der Waals surface area (Å²) in [4.78, 5) is 18.7. The Labute approximate surface area is 168 Å². The summed E-state index contributed by atoms with van der Waals surface area (Å²) in [6.07, 6.45) is 1.27. The second-order valence-electron chi connectivity index (χ2n) is 7.78. The molecule has 4 rings (SSSR count). The highest BCUT2D eigenvalue weighted by molar-refractivity contribution is 5.76. The van der Waals surface area contributed by atoms with Crippen LogP contribution in [-0.2, 0) is 17.8 Å². The lowest BCUT2D eigenvalue weighted by Gasteiger charge is -2.43. The number of carbonyl (C=O) groups is 1. The van der Waals surface area contributed by atoms with Gasteiger partial charge < -0.3 is 19.7 Å². The average Bonchev–Trinajstić information content (AvgIpc) is 3.12. The molecule has 0 amide bonds. The smallest absolute Gasteiger partial charge is 0.313 e. The van der Waals surface area contributed by atoms with Gasteiger partial charge in [0.05, 0.1) is 23.5 Å². The van der Waals surface area contributed by atoms with Gasteiger partial charge in [-0.05, 0) is 42.7 Å². The van der Waals surface area contributed by atoms with Crippen molar-refractivity contribution in [2.75, 3.05) is 19.6 Å². The normalized spacial score (nSPS) is 22.8. The van der Waals surface area contributed by atoms with E-state index in [1.165, 1.54) is 12.1 Å². The lowest BCUT2D eigenvalue weighted by Crippen LogP contribution is -2.57. The van der Waals surface area contributed by atoms with Crippen LogP contribution in [0.15, 0.2) is 54.9 Å². The fourth-order valence-corrected chi connectivity index (χ4v) is 4.26. The van der Waals surface area contributed by atoms with E-state index in [1.54, 1.807) is 18.5 Å². The lowest BCUT2D eigenvalue weighted by molar-refractivity contribution is -0.163. The van der Waals surface area contributed by atoms with Crippen molar-refractivity contribution >= 4 is 17.0 Å². The molecule has 1 aliphatic heterocycles. The van der Waals surface area contributed by atoms with Crippen LogP contribution >= 0.6 is 0 Å². The number of rotatable bonds is 6. The van der Waals surface area contributed by atoms with Crippen LogP contribution in [0.25, 0.3) is 11.0 Å². The summed E-state index contributed by atoms with van der Waals surface area (Å²) in [6, 6.07) is 13.8. The Morgan fingerprint density at radius 1 is 1.21 bits per heavy atom. The van der Waals surface area contributed by atoms with Gasteiger partial charge in [0.25, 0.3) is 0 Å². The van der Waals surface area contributed by atoms with E-state index >= 15 is 0 Å². The molecule has 6 nitrogen and oxygen atoms in total. The minimum absolute atomic E-state index is 0.0891. The maximum Gasteiger partial charge on any atom is 0.313 e. The molecule has 29 heavy (non-hydrogen) atoms. The minimum atomic E-state index is -1.36. The maximum absolute atomic E-state index is 13.6. The highest BCUT2D eigenvalue weighted by Crippen LogP contribution is 2.35. The third kappa shape index (κ3) is 3.88. The molecule has 2 aromatic carbocycles. The zero-order chi connectivity index (χ0) is 20.4. The number of hydrogen-bond donors (Lipinski definition) is 2. The highest BCUT2D eigenvalue weighted by Gasteiger charge is 2.49. The van der Waals surface area contributed by atoms with Gasteiger partial charge in [0, 0.05) is 26.2 Å². The zero-order valence-corrected chi connectivity index (χ0v) is 16.0. The van der Waals surface area contributed by atoms with Gasteiger partial charge in [-0.15, -0.1) is 0 Å². The van der Waals surface area contributed by atoms with Gasteiger partial charge in [-0.1, -0.05) is 24.3 Å². The van der Waals surface area contributed by atoms with Gasteiger partial charge in [-0.2, -0.15) is 0 Å². The number of para-hydroxylation sites is 2. The van der Waals surface area contributed by atoms with E-state index in [1.807, 2.05) is 24.3 Å². The number of hydrogen-bond acceptors (Lipinski definition) is 4. The molecule has 0 aliphatic carbocycles. The molecule has 152 valence electrons. The Balaban J connectivity index is 1.51. The number of aromatic nitrogens is 2. The molecule has 1 saturated heterocycles. The van der Waals surface area contributed by atoms with Gasteiger partial charge in [-0.3, -0.25) is 4.79 Å². The van der Waals surface area contributed by atoms with E-state index in [0.717, 1.165) is 11.0 Å². The summed E-state index contributed by atoms with van der Waals surface area (Å²) in [6.45, 7) is 2.15. The molecule has 0 unspecified atom stereocenters. The summed E-state index contributed by atoms with van der Waals surface area (Å²) >= 11 is 0. The summed E-state index contributed by atoms with van der Waals surface area (Å²) in [7, 11) is 0. The number of carboxylic acids is 1. The van der Waals surface area contributed by atoms with Crippen LogP contribution in [0.1, 0.15) is 12.0 Å². The fourth-order valence-electron chi connectivity index (χ4n) is 4.26. The van der Waals surface area contributed by atoms with Crippen LogP contribution < -0.4 is 0 Å². The van der Waals surface area contributed by atoms with Gasteiger partial charge in [0.15, 0.2) is 0 Å². The molecule has 1 aliphatic rings. The van der Waals surface area contributed by atoms with Crippen molar-refractivity contribution < 1.29 is 19.4 Å². The van der Waals surface area contributed by atoms with E-state index < -0.39 is 23.3 Å². The van der Waals surface area contributed by atoms with Crippen LogP contribution in [0.4, 0.5) is 4.39 Å². The number of aliphatic hydroxyl groups is 1. The highest BCUT2D eigenvalue weighted by atomic mass is 19.1. The number of imidazole rings is 1. The number of likely N-dealkylation sites (tertiary alicyclic amines) is 1. The Bertz CT molecular complexity index is 1020. The number of nitrogens with zero attached hydrogens (tertiary/aromatic N) is 3. The Hall–Kier alpha value is -2.77. The molecule has 0 saturated carbocycles. The molecule has 0 spiro atoms. The quantitative estimate of drug-likeness (QED) is 0.668. The van der Waals surface area contributed by atoms with Crippen LogP contribution in [0, 0.1) is 11.2 Å². The summed E-state index contributed by atoms with van der Waals surface area (Å²) in [5.74, 6) is -1.45. The zero-order valence-electron chi connectivity index (χ0n) is 16.0. The lowest BCUT2D eigenvalue weighted by atomic mass is 9.73. The van der Waals surface area contributed by atoms with Crippen molar-refractivity contribution in [1.29, 1.82) is 0 Å². The molecule has 2 heterocycles. The van der Waals surface area contributed by atoms with Crippen molar-refractivity contribution in [3.63, 3.8) is 0 Å². The second-order valence-corrected chi connectivity index (χ2v) is 7.78. The Morgan fingerprint density at radius 2 is 2.03 bits per heavy atom. The number of piperidine rings is 1. The standard InChI is InChI=1S/C22H24FN3O3/c23-17-5-3-4-16(12-17)13-22(21(28)29)14-25(9-8-20(22)27)10-11-26-15-24-18-6-1-2-7-19(18)26/h1-7,12,15,20,27H,8-11,13-14H2,(H,28,29)/t20-,22-/m1/s1. The van der Waals surface area contributed by atoms with Crippen molar-refractivity contribution in [3.05, 3.63) is 66.2 Å². The van der Waals surface area contributed by atoms with Gasteiger partial charge >= 0.3 is 5.97 Å². The predicted octanol–water partition coefficient (Wildman–Crippen LogP) is 2.56. The molecule has 0 bridgehead atoms. The van der Waals surface area contributed by atoms with Crippen LogP contribution in [0.5, 0.6) is 0 Å². The molecule has 2 N–H and O–H groups in total. The van der Waals surface area contributed by atoms with Gasteiger partial charge in [0.2, 0.25) is 0 Å². The number of halogens is 1. The average molecular weight is 397 g/mol. The number of carboxylic acid groups (broad SMARTS) is 1. The Kier molecular flexibility index (Phi) is 5.34. The largest absolute Gasteiger partial charge is 0.481 e. The topological polar surface area (TPSA) is 78.6 Å². The molecule has 1 fully saturated rings. The van der Waals surface area contributed by atoms with Crippen molar-refractivity contribution in [3.8, 4) is 0 Å². The number of aliphatic carboxylic acids is 1. The maximum atomic E-state index is 13.6.